The van der Waals surface area contributed by atoms with Crippen LogP contribution in [0, 0.1) is 0 Å². The molecule has 11 heteroatoms. The topological polar surface area (TPSA) is 142 Å². The number of aromatic amines is 1. The molecule has 1 aliphatic rings. The molecule has 0 radical (unpaired) electrons. The summed E-state index contributed by atoms with van der Waals surface area (Å²) in [6, 6.07) is 11.6. The highest BCUT2D eigenvalue weighted by molar-refractivity contribution is 7.89. The zero-order valence-corrected chi connectivity index (χ0v) is 23.5. The van der Waals surface area contributed by atoms with E-state index in [1.165, 1.54) is 0 Å². The standard InChI is InChI=1S/C27H36N4O5S2/c1-3-6-25(37(33)34)29-16-18-7-5-8-20(13-18)21-14-22-24(17-30-26(22)23(15-21)27(28)32)19-9-11-31(12-10-19)38(35,36)4-2/h5,7-8,13-15,17,19,25,29-30,37H,3-4,6,9-12,16H2,1-2H3,(H2,28,32). The first-order valence-electron chi connectivity index (χ1n) is 13.0. The lowest BCUT2D eigenvalue weighted by atomic mass is 9.88. The fraction of sp³-hybridized carbons (Fsp3) is 0.444. The predicted molar refractivity (Wildman–Crippen MR) is 151 cm³/mol. The second-order valence-corrected chi connectivity index (χ2v) is 13.3. The molecule has 1 saturated heterocycles. The van der Waals surface area contributed by atoms with Gasteiger partial charge in [0.1, 0.15) is 5.37 Å². The molecule has 3 aromatic rings. The first-order valence-corrected chi connectivity index (χ1v) is 15.9. The molecule has 2 heterocycles. The van der Waals surface area contributed by atoms with E-state index in [0.717, 1.165) is 34.1 Å². The highest BCUT2D eigenvalue weighted by atomic mass is 32.2. The van der Waals surface area contributed by atoms with Gasteiger partial charge < -0.3 is 10.7 Å². The van der Waals surface area contributed by atoms with Crippen molar-refractivity contribution in [2.24, 2.45) is 5.73 Å². The number of nitrogens with two attached hydrogens (primary N) is 1. The van der Waals surface area contributed by atoms with Crippen molar-refractivity contribution in [2.45, 2.75) is 57.4 Å². The van der Waals surface area contributed by atoms with E-state index in [2.05, 4.69) is 10.3 Å². The van der Waals surface area contributed by atoms with Crippen molar-refractivity contribution in [1.82, 2.24) is 14.6 Å². The Balaban J connectivity index is 1.65. The van der Waals surface area contributed by atoms with E-state index < -0.39 is 32.0 Å². The van der Waals surface area contributed by atoms with Crippen molar-refractivity contribution in [3.05, 3.63) is 59.3 Å². The van der Waals surface area contributed by atoms with Crippen LogP contribution in [0.2, 0.25) is 0 Å². The molecule has 2 aromatic carbocycles. The second-order valence-electron chi connectivity index (χ2n) is 9.80. The number of hydrogen-bond donors (Lipinski definition) is 4. The molecule has 4 rings (SSSR count). The van der Waals surface area contributed by atoms with Gasteiger partial charge in [-0.3, -0.25) is 10.1 Å². The monoisotopic (exact) mass is 560 g/mol. The Morgan fingerprint density at radius 2 is 1.89 bits per heavy atom. The van der Waals surface area contributed by atoms with Crippen LogP contribution in [0.25, 0.3) is 22.0 Å². The number of rotatable bonds is 11. The average molecular weight is 561 g/mol. The third kappa shape index (κ3) is 6.12. The maximum Gasteiger partial charge on any atom is 0.250 e. The molecule has 0 aliphatic carbocycles. The minimum atomic E-state index is -3.21. The maximum absolute atomic E-state index is 12.4. The summed E-state index contributed by atoms with van der Waals surface area (Å²) in [6.45, 7) is 4.96. The Bertz CT molecular complexity index is 1480. The van der Waals surface area contributed by atoms with Crippen LogP contribution in [-0.2, 0) is 27.3 Å². The van der Waals surface area contributed by atoms with Gasteiger partial charge in [-0.25, -0.2) is 21.1 Å². The quantitative estimate of drug-likeness (QED) is 0.265. The largest absolute Gasteiger partial charge is 0.366 e. The number of sulfonamides is 1. The van der Waals surface area contributed by atoms with E-state index in [0.29, 0.717) is 50.0 Å². The van der Waals surface area contributed by atoms with Crippen LogP contribution in [0.5, 0.6) is 0 Å². The number of benzene rings is 2. The van der Waals surface area contributed by atoms with E-state index in [4.69, 9.17) is 5.73 Å². The summed E-state index contributed by atoms with van der Waals surface area (Å²) in [5.74, 6) is -0.282. The highest BCUT2D eigenvalue weighted by Crippen LogP contribution is 2.37. The molecule has 38 heavy (non-hydrogen) atoms. The SMILES string of the molecule is CCCC(NCc1cccc(-c2cc(C(N)=O)c3[nH]cc(C4CCN(S(=O)(=O)CC)CC4)c3c2)c1)[SH](=O)=O. The van der Waals surface area contributed by atoms with Crippen molar-refractivity contribution in [3.8, 4) is 11.1 Å². The number of carbonyl (C=O) groups is 1. The Labute approximate surface area is 225 Å². The van der Waals surface area contributed by atoms with Gasteiger partial charge in [-0.05, 0) is 72.6 Å². The Morgan fingerprint density at radius 3 is 2.53 bits per heavy atom. The molecule has 1 aromatic heterocycles. The lowest BCUT2D eigenvalue weighted by Crippen LogP contribution is -2.38. The van der Waals surface area contributed by atoms with Gasteiger partial charge in [0.25, 0.3) is 5.91 Å². The predicted octanol–water partition coefficient (Wildman–Crippen LogP) is 3.29. The highest BCUT2D eigenvalue weighted by Gasteiger charge is 2.29. The summed E-state index contributed by atoms with van der Waals surface area (Å²) in [6.07, 6.45) is 4.63. The minimum Gasteiger partial charge on any atom is -0.366 e. The molecule has 9 nitrogen and oxygen atoms in total. The molecule has 0 spiro atoms. The van der Waals surface area contributed by atoms with E-state index in [1.807, 2.05) is 43.5 Å². The van der Waals surface area contributed by atoms with Gasteiger partial charge in [0.05, 0.1) is 16.8 Å². The molecule has 0 saturated carbocycles. The molecular formula is C27H36N4O5S2. The first kappa shape index (κ1) is 28.3. The first-order chi connectivity index (χ1) is 18.1. The van der Waals surface area contributed by atoms with E-state index in [9.17, 15) is 21.6 Å². The Hall–Kier alpha value is -2.73. The molecule has 1 aliphatic heterocycles. The van der Waals surface area contributed by atoms with Gasteiger partial charge in [-0.1, -0.05) is 31.5 Å². The molecule has 1 amide bonds. The number of H-pyrrole nitrogens is 1. The molecule has 4 N–H and O–H groups in total. The number of aromatic nitrogens is 1. The van der Waals surface area contributed by atoms with Crippen LogP contribution in [0.3, 0.4) is 0 Å². The summed E-state index contributed by atoms with van der Waals surface area (Å²) in [7, 11) is -5.78. The van der Waals surface area contributed by atoms with Crippen molar-refractivity contribution in [3.63, 3.8) is 0 Å². The van der Waals surface area contributed by atoms with E-state index >= 15 is 0 Å². The van der Waals surface area contributed by atoms with Crippen molar-refractivity contribution in [2.75, 3.05) is 18.8 Å². The number of nitrogens with zero attached hydrogens (tertiary/aromatic N) is 1. The number of carbonyl (C=O) groups excluding carboxylic acids is 1. The van der Waals surface area contributed by atoms with Crippen LogP contribution in [0.1, 0.15) is 66.9 Å². The molecule has 0 bridgehead atoms. The van der Waals surface area contributed by atoms with Crippen molar-refractivity contribution in [1.29, 1.82) is 0 Å². The van der Waals surface area contributed by atoms with Gasteiger partial charge in [-0.15, -0.1) is 0 Å². The number of primary amides is 1. The van der Waals surface area contributed by atoms with Crippen molar-refractivity contribution < 1.29 is 21.6 Å². The average Bonchev–Trinajstić information content (AvgIpc) is 3.34. The van der Waals surface area contributed by atoms with Crippen LogP contribution < -0.4 is 11.1 Å². The van der Waals surface area contributed by atoms with Gasteiger partial charge in [0, 0.05) is 31.2 Å². The van der Waals surface area contributed by atoms with E-state index in [1.54, 1.807) is 17.3 Å². The van der Waals surface area contributed by atoms with Crippen molar-refractivity contribution >= 4 is 37.5 Å². The fourth-order valence-corrected chi connectivity index (χ4v) is 7.07. The number of nitrogens with one attached hydrogen (secondary N) is 2. The molecule has 206 valence electrons. The van der Waals surface area contributed by atoms with Gasteiger partial charge in [-0.2, -0.15) is 0 Å². The molecule has 1 atom stereocenters. The molecular weight excluding hydrogens is 524 g/mol. The minimum absolute atomic E-state index is 0.0964. The molecule has 1 fully saturated rings. The normalized spacial score (nSPS) is 16.3. The van der Waals surface area contributed by atoms with Crippen LogP contribution >= 0.6 is 0 Å². The lowest BCUT2D eigenvalue weighted by Gasteiger charge is -2.31. The summed E-state index contributed by atoms with van der Waals surface area (Å²) >= 11 is 0. The number of fused-ring (bicyclic) bond motifs is 1. The summed E-state index contributed by atoms with van der Waals surface area (Å²) in [5, 5.41) is 3.45. The van der Waals surface area contributed by atoms with Gasteiger partial charge >= 0.3 is 0 Å². The van der Waals surface area contributed by atoms with Crippen LogP contribution in [0.4, 0.5) is 0 Å². The second kappa shape index (κ2) is 12.0. The zero-order valence-electron chi connectivity index (χ0n) is 21.8. The Kier molecular flexibility index (Phi) is 8.92. The molecule has 1 unspecified atom stereocenters. The van der Waals surface area contributed by atoms with Gasteiger partial charge in [0.2, 0.25) is 10.0 Å². The van der Waals surface area contributed by atoms with Gasteiger partial charge in [0.15, 0.2) is 10.7 Å². The number of thiol groups is 1. The number of amides is 1. The fourth-order valence-electron chi connectivity index (χ4n) is 5.23. The summed E-state index contributed by atoms with van der Waals surface area (Å²) < 4.78 is 49.2. The smallest absolute Gasteiger partial charge is 0.250 e. The lowest BCUT2D eigenvalue weighted by molar-refractivity contribution is 0.100. The summed E-state index contributed by atoms with van der Waals surface area (Å²) in [5.41, 5.74) is 10.5. The Morgan fingerprint density at radius 1 is 1.16 bits per heavy atom. The zero-order chi connectivity index (χ0) is 27.4. The summed E-state index contributed by atoms with van der Waals surface area (Å²) in [4.78, 5) is 15.6. The van der Waals surface area contributed by atoms with Crippen LogP contribution in [0.15, 0.2) is 42.6 Å². The third-order valence-electron chi connectivity index (χ3n) is 7.36. The number of hydrogen-bond acceptors (Lipinski definition) is 6. The van der Waals surface area contributed by atoms with Crippen LogP contribution in [-0.4, -0.2) is 56.2 Å². The third-order valence-corrected chi connectivity index (χ3v) is 10.2. The van der Waals surface area contributed by atoms with E-state index in [-0.39, 0.29) is 11.7 Å². The maximum atomic E-state index is 12.4. The number of piperidine rings is 1.